The summed E-state index contributed by atoms with van der Waals surface area (Å²) in [5, 5.41) is 3.34. The summed E-state index contributed by atoms with van der Waals surface area (Å²) >= 11 is 1.50. The minimum Gasteiger partial charge on any atom is -0.454 e. The van der Waals surface area contributed by atoms with Gasteiger partial charge in [0.1, 0.15) is 17.4 Å². The first-order valence-electron chi connectivity index (χ1n) is 8.70. The van der Waals surface area contributed by atoms with E-state index in [-0.39, 0.29) is 25.6 Å². The molecule has 146 valence electrons. The Morgan fingerprint density at radius 1 is 1.07 bits per heavy atom. The fourth-order valence-corrected chi connectivity index (χ4v) is 3.38. The van der Waals surface area contributed by atoms with Crippen molar-refractivity contribution in [2.75, 3.05) is 19.8 Å². The van der Waals surface area contributed by atoms with Crippen molar-refractivity contribution in [2.24, 2.45) is 0 Å². The zero-order chi connectivity index (χ0) is 19.8. The second-order valence-corrected chi connectivity index (χ2v) is 7.04. The largest absolute Gasteiger partial charge is 0.454 e. The van der Waals surface area contributed by atoms with Gasteiger partial charge in [-0.3, -0.25) is 4.79 Å². The first-order chi connectivity index (χ1) is 13.6. The van der Waals surface area contributed by atoms with Crippen molar-refractivity contribution in [3.63, 3.8) is 0 Å². The van der Waals surface area contributed by atoms with E-state index in [0.717, 1.165) is 15.2 Å². The summed E-state index contributed by atoms with van der Waals surface area (Å²) in [6.07, 6.45) is 0.359. The van der Waals surface area contributed by atoms with Crippen LogP contribution < -0.4 is 5.32 Å². The van der Waals surface area contributed by atoms with E-state index in [4.69, 9.17) is 9.47 Å². The van der Waals surface area contributed by atoms with Gasteiger partial charge >= 0.3 is 5.97 Å². The van der Waals surface area contributed by atoms with Crippen LogP contribution in [-0.2, 0) is 32.1 Å². The van der Waals surface area contributed by atoms with Crippen LogP contribution in [0.15, 0.2) is 48.5 Å². The van der Waals surface area contributed by atoms with Crippen molar-refractivity contribution in [1.29, 1.82) is 0 Å². The molecule has 0 unspecified atom stereocenters. The Balaban J connectivity index is 1.30. The lowest BCUT2D eigenvalue weighted by Crippen LogP contribution is -2.31. The molecule has 2 aromatic carbocycles. The Hall–Kier alpha value is -2.84. The predicted molar refractivity (Wildman–Crippen MR) is 103 cm³/mol. The van der Waals surface area contributed by atoms with E-state index in [1.165, 1.54) is 17.4 Å². The van der Waals surface area contributed by atoms with Gasteiger partial charge in [0.05, 0.1) is 16.8 Å². The molecule has 28 heavy (non-hydrogen) atoms. The van der Waals surface area contributed by atoms with E-state index in [0.29, 0.717) is 12.0 Å². The number of nitrogens with zero attached hydrogens (tertiary/aromatic N) is 1. The van der Waals surface area contributed by atoms with Crippen molar-refractivity contribution in [2.45, 2.75) is 13.0 Å². The van der Waals surface area contributed by atoms with Crippen LogP contribution in [0.2, 0.25) is 0 Å². The van der Waals surface area contributed by atoms with Crippen LogP contribution in [-0.4, -0.2) is 36.6 Å². The lowest BCUT2D eigenvalue weighted by atomic mass is 10.1. The van der Waals surface area contributed by atoms with Crippen LogP contribution in [0.5, 0.6) is 0 Å². The third-order valence-electron chi connectivity index (χ3n) is 3.82. The maximum absolute atomic E-state index is 13.5. The summed E-state index contributed by atoms with van der Waals surface area (Å²) in [5.74, 6) is -1.39. The van der Waals surface area contributed by atoms with Gasteiger partial charge in [0, 0.05) is 6.54 Å². The summed E-state index contributed by atoms with van der Waals surface area (Å²) in [6.45, 7) is -0.215. The number of nitrogens with one attached hydrogen (secondary N) is 1. The SMILES string of the molecule is O=C(COC(=O)COCc1nc2ccccc2s1)NCCc1ccccc1F. The number of amides is 1. The summed E-state index contributed by atoms with van der Waals surface area (Å²) < 4.78 is 24.7. The van der Waals surface area contributed by atoms with Crippen molar-refractivity contribution in [3.8, 4) is 0 Å². The molecule has 3 aromatic rings. The molecule has 0 fully saturated rings. The molecule has 0 atom stereocenters. The number of para-hydroxylation sites is 1. The van der Waals surface area contributed by atoms with Gasteiger partial charge in [0.15, 0.2) is 6.61 Å². The van der Waals surface area contributed by atoms with E-state index < -0.39 is 18.5 Å². The van der Waals surface area contributed by atoms with Gasteiger partial charge in [-0.1, -0.05) is 30.3 Å². The minimum absolute atomic E-state index is 0.198. The zero-order valence-corrected chi connectivity index (χ0v) is 15.8. The standard InChI is InChI=1S/C20H19FN2O4S/c21-15-6-2-1-5-14(15)9-10-22-18(24)11-27-20(25)13-26-12-19-23-16-7-3-4-8-17(16)28-19/h1-8H,9-13H2,(H,22,24). The van der Waals surface area contributed by atoms with E-state index in [1.807, 2.05) is 24.3 Å². The average Bonchev–Trinajstić information content (AvgIpc) is 3.10. The van der Waals surface area contributed by atoms with Crippen molar-refractivity contribution in [3.05, 3.63) is 64.9 Å². The van der Waals surface area contributed by atoms with Gasteiger partial charge in [-0.2, -0.15) is 0 Å². The molecule has 0 radical (unpaired) electrons. The number of ether oxygens (including phenoxy) is 2. The van der Waals surface area contributed by atoms with Gasteiger partial charge in [-0.05, 0) is 30.2 Å². The fraction of sp³-hybridized carbons (Fsp3) is 0.250. The van der Waals surface area contributed by atoms with Crippen molar-refractivity contribution in [1.82, 2.24) is 10.3 Å². The van der Waals surface area contributed by atoms with Crippen LogP contribution in [0, 0.1) is 5.82 Å². The molecule has 0 saturated heterocycles. The smallest absolute Gasteiger partial charge is 0.332 e. The predicted octanol–water partition coefficient (Wildman–Crippen LogP) is 2.85. The molecule has 0 bridgehead atoms. The number of esters is 1. The highest BCUT2D eigenvalue weighted by atomic mass is 32.1. The van der Waals surface area contributed by atoms with E-state index in [1.54, 1.807) is 18.2 Å². The van der Waals surface area contributed by atoms with Crippen molar-refractivity contribution >= 4 is 33.4 Å². The van der Waals surface area contributed by atoms with Crippen LogP contribution in [0.4, 0.5) is 4.39 Å². The number of aromatic nitrogens is 1. The molecule has 8 heteroatoms. The zero-order valence-electron chi connectivity index (χ0n) is 15.0. The Morgan fingerprint density at radius 3 is 2.68 bits per heavy atom. The normalized spacial score (nSPS) is 10.8. The lowest BCUT2D eigenvalue weighted by molar-refractivity contribution is -0.153. The first-order valence-corrected chi connectivity index (χ1v) is 9.51. The quantitative estimate of drug-likeness (QED) is 0.557. The highest BCUT2D eigenvalue weighted by molar-refractivity contribution is 7.18. The number of fused-ring (bicyclic) bond motifs is 1. The number of hydrogen-bond acceptors (Lipinski definition) is 6. The highest BCUT2D eigenvalue weighted by Gasteiger charge is 2.09. The minimum atomic E-state index is -0.634. The highest BCUT2D eigenvalue weighted by Crippen LogP contribution is 2.21. The third kappa shape index (κ3) is 5.83. The Morgan fingerprint density at radius 2 is 1.86 bits per heavy atom. The van der Waals surface area contributed by atoms with Crippen LogP contribution in [0.3, 0.4) is 0 Å². The first kappa shape index (κ1) is 19.9. The van der Waals surface area contributed by atoms with Crippen LogP contribution >= 0.6 is 11.3 Å². The van der Waals surface area contributed by atoms with Gasteiger partial charge in [-0.15, -0.1) is 11.3 Å². The number of halogens is 1. The molecule has 1 heterocycles. The second kappa shape index (κ2) is 9.91. The molecular weight excluding hydrogens is 383 g/mol. The van der Waals surface area contributed by atoms with E-state index in [9.17, 15) is 14.0 Å². The molecule has 6 nitrogen and oxygen atoms in total. The lowest BCUT2D eigenvalue weighted by Gasteiger charge is -2.07. The third-order valence-corrected chi connectivity index (χ3v) is 4.83. The Bertz CT molecular complexity index is 927. The monoisotopic (exact) mass is 402 g/mol. The molecule has 0 saturated carbocycles. The molecule has 1 N–H and O–H groups in total. The maximum Gasteiger partial charge on any atom is 0.332 e. The number of carbonyl (C=O) groups excluding carboxylic acids is 2. The van der Waals surface area contributed by atoms with Gasteiger partial charge < -0.3 is 14.8 Å². The van der Waals surface area contributed by atoms with Crippen LogP contribution in [0.1, 0.15) is 10.6 Å². The number of rotatable bonds is 9. The van der Waals surface area contributed by atoms with E-state index >= 15 is 0 Å². The van der Waals surface area contributed by atoms with Crippen LogP contribution in [0.25, 0.3) is 10.2 Å². The summed E-state index contributed by atoms with van der Waals surface area (Å²) in [7, 11) is 0. The Kier molecular flexibility index (Phi) is 7.05. The van der Waals surface area contributed by atoms with Gasteiger partial charge in [0.25, 0.3) is 5.91 Å². The van der Waals surface area contributed by atoms with E-state index in [2.05, 4.69) is 10.3 Å². The molecular formula is C20H19FN2O4S. The number of thiazole rings is 1. The summed E-state index contributed by atoms with van der Waals surface area (Å²) in [6, 6.07) is 14.1. The summed E-state index contributed by atoms with van der Waals surface area (Å²) in [4.78, 5) is 27.7. The number of carbonyl (C=O) groups is 2. The number of hydrogen-bond donors (Lipinski definition) is 1. The maximum atomic E-state index is 13.5. The topological polar surface area (TPSA) is 77.5 Å². The molecule has 0 aliphatic heterocycles. The van der Waals surface area contributed by atoms with Gasteiger partial charge in [-0.25, -0.2) is 14.2 Å². The molecule has 0 aliphatic rings. The Labute approximate surface area is 165 Å². The molecule has 3 rings (SSSR count). The molecule has 0 aliphatic carbocycles. The molecule has 1 aromatic heterocycles. The molecule has 1 amide bonds. The fourth-order valence-electron chi connectivity index (χ4n) is 2.48. The average molecular weight is 402 g/mol. The summed E-state index contributed by atoms with van der Waals surface area (Å²) in [5.41, 5.74) is 1.41. The van der Waals surface area contributed by atoms with Gasteiger partial charge in [0.2, 0.25) is 0 Å². The van der Waals surface area contributed by atoms with Crippen molar-refractivity contribution < 1.29 is 23.5 Å². The molecule has 0 spiro atoms. The number of benzene rings is 2. The second-order valence-electron chi connectivity index (χ2n) is 5.92.